The lowest BCUT2D eigenvalue weighted by atomic mass is 10.1. The highest BCUT2D eigenvalue weighted by Gasteiger charge is 2.06. The lowest BCUT2D eigenvalue weighted by molar-refractivity contribution is -0.119. The van der Waals surface area contributed by atoms with Crippen LogP contribution in [0.4, 0.5) is 0 Å². The highest BCUT2D eigenvalue weighted by molar-refractivity contribution is 6.02. The van der Waals surface area contributed by atoms with Gasteiger partial charge in [-0.15, -0.1) is 0 Å². The van der Waals surface area contributed by atoms with Gasteiger partial charge >= 0.3 is 0 Å². The van der Waals surface area contributed by atoms with E-state index in [2.05, 4.69) is 15.5 Å². The Balaban J connectivity index is 2.04. The van der Waals surface area contributed by atoms with E-state index in [0.29, 0.717) is 17.7 Å². The van der Waals surface area contributed by atoms with Crippen molar-refractivity contribution in [3.8, 4) is 5.75 Å². The van der Waals surface area contributed by atoms with Crippen molar-refractivity contribution in [3.05, 3.63) is 59.9 Å². The van der Waals surface area contributed by atoms with Gasteiger partial charge in [0.1, 0.15) is 5.75 Å². The molecule has 3 N–H and O–H groups in total. The number of pyridine rings is 1. The van der Waals surface area contributed by atoms with Crippen LogP contribution in [0.15, 0.2) is 53.9 Å². The predicted molar refractivity (Wildman–Crippen MR) is 89.7 cm³/mol. The Morgan fingerprint density at radius 3 is 2.38 bits per heavy atom. The van der Waals surface area contributed by atoms with E-state index >= 15 is 0 Å². The minimum Gasteiger partial charge on any atom is -0.484 e. The van der Waals surface area contributed by atoms with E-state index in [1.807, 2.05) is 6.92 Å². The van der Waals surface area contributed by atoms with Crippen LogP contribution < -0.4 is 15.9 Å². The molecule has 0 atom stereocenters. The summed E-state index contributed by atoms with van der Waals surface area (Å²) in [5.41, 5.74) is 9.61. The van der Waals surface area contributed by atoms with Crippen molar-refractivity contribution in [2.75, 3.05) is 6.61 Å². The summed E-state index contributed by atoms with van der Waals surface area (Å²) in [6.07, 6.45) is 3.73. The predicted octanol–water partition coefficient (Wildman–Crippen LogP) is 1.49. The molecule has 2 aromatic rings. The van der Waals surface area contributed by atoms with E-state index in [4.69, 9.17) is 10.5 Å². The third-order valence-corrected chi connectivity index (χ3v) is 3.14. The van der Waals surface area contributed by atoms with Crippen LogP contribution in [-0.2, 0) is 4.79 Å². The molecular weight excluding hydrogens is 308 g/mol. The number of carbonyl (C=O) groups is 2. The quantitative estimate of drug-likeness (QED) is 0.594. The topological polar surface area (TPSA) is 107 Å². The zero-order valence-electron chi connectivity index (χ0n) is 13.2. The molecule has 0 spiro atoms. The summed E-state index contributed by atoms with van der Waals surface area (Å²) in [5, 5.41) is 4.17. The molecule has 124 valence electrons. The van der Waals surface area contributed by atoms with Crippen molar-refractivity contribution in [2.24, 2.45) is 10.8 Å². The third-order valence-electron chi connectivity index (χ3n) is 3.14. The maximum absolute atomic E-state index is 12.0. The highest BCUT2D eigenvalue weighted by Crippen LogP contribution is 2.14. The lowest BCUT2D eigenvalue weighted by Gasteiger charge is -2.07. The van der Waals surface area contributed by atoms with Crippen LogP contribution in [0.5, 0.6) is 5.75 Å². The van der Waals surface area contributed by atoms with E-state index in [-0.39, 0.29) is 12.5 Å². The molecule has 7 heteroatoms. The summed E-state index contributed by atoms with van der Waals surface area (Å²) in [5.74, 6) is -0.299. The number of rotatable bonds is 7. The highest BCUT2D eigenvalue weighted by atomic mass is 16.5. The van der Waals surface area contributed by atoms with Crippen molar-refractivity contribution < 1.29 is 14.3 Å². The summed E-state index contributed by atoms with van der Waals surface area (Å²) < 4.78 is 5.20. The minimum absolute atomic E-state index is 0.171. The second-order valence-corrected chi connectivity index (χ2v) is 4.87. The van der Waals surface area contributed by atoms with Crippen LogP contribution in [0, 0.1) is 0 Å². The van der Waals surface area contributed by atoms with Gasteiger partial charge in [0.2, 0.25) is 0 Å². The van der Waals surface area contributed by atoms with Crippen LogP contribution in [-0.4, -0.2) is 29.1 Å². The molecule has 2 rings (SSSR count). The Kier molecular flexibility index (Phi) is 6.01. The van der Waals surface area contributed by atoms with Crippen LogP contribution in [0.3, 0.4) is 0 Å². The summed E-state index contributed by atoms with van der Waals surface area (Å²) in [4.78, 5) is 26.5. The molecule has 1 aromatic carbocycles. The normalized spacial score (nSPS) is 11.0. The van der Waals surface area contributed by atoms with Gasteiger partial charge in [0.25, 0.3) is 11.8 Å². The average molecular weight is 326 g/mol. The third kappa shape index (κ3) is 4.91. The van der Waals surface area contributed by atoms with Crippen molar-refractivity contribution >= 4 is 17.5 Å². The number of nitrogens with one attached hydrogen (secondary N) is 1. The molecule has 1 aromatic heterocycles. The number of nitrogens with zero attached hydrogens (tertiary/aromatic N) is 2. The number of primary amides is 1. The van der Waals surface area contributed by atoms with Gasteiger partial charge in [-0.2, -0.15) is 5.10 Å². The summed E-state index contributed by atoms with van der Waals surface area (Å²) in [6.45, 7) is 1.77. The molecular formula is C17H18N4O3. The molecule has 0 saturated heterocycles. The zero-order valence-corrected chi connectivity index (χ0v) is 13.2. The summed E-state index contributed by atoms with van der Waals surface area (Å²) >= 11 is 0. The van der Waals surface area contributed by atoms with Gasteiger partial charge in [0.05, 0.1) is 5.71 Å². The van der Waals surface area contributed by atoms with E-state index in [9.17, 15) is 9.59 Å². The van der Waals surface area contributed by atoms with Crippen molar-refractivity contribution in [3.63, 3.8) is 0 Å². The van der Waals surface area contributed by atoms with Crippen LogP contribution in [0.2, 0.25) is 0 Å². The zero-order chi connectivity index (χ0) is 17.4. The van der Waals surface area contributed by atoms with Gasteiger partial charge in [0.15, 0.2) is 6.61 Å². The number of amides is 2. The van der Waals surface area contributed by atoms with Crippen LogP contribution in [0.25, 0.3) is 0 Å². The molecule has 0 unspecified atom stereocenters. The maximum Gasteiger partial charge on any atom is 0.271 e. The van der Waals surface area contributed by atoms with Crippen LogP contribution in [0.1, 0.15) is 29.3 Å². The monoisotopic (exact) mass is 326 g/mol. The van der Waals surface area contributed by atoms with Gasteiger partial charge in [0, 0.05) is 18.0 Å². The number of hydrazone groups is 1. The standard InChI is InChI=1S/C17H18N4O3/c1-2-15(20-21-17(23)13-7-9-19-10-8-13)12-3-5-14(6-4-12)24-11-16(18)22/h3-10H,2,11H2,1H3,(H2,18,22)(H,21,23)/b20-15-. The van der Waals surface area contributed by atoms with Crippen molar-refractivity contribution in [1.82, 2.24) is 10.4 Å². The molecule has 7 nitrogen and oxygen atoms in total. The Morgan fingerprint density at radius 1 is 1.12 bits per heavy atom. The number of nitrogens with two attached hydrogens (primary N) is 1. The molecule has 0 aliphatic carbocycles. The second-order valence-electron chi connectivity index (χ2n) is 4.87. The van der Waals surface area contributed by atoms with Gasteiger partial charge in [-0.25, -0.2) is 5.43 Å². The van der Waals surface area contributed by atoms with E-state index in [0.717, 1.165) is 11.3 Å². The van der Waals surface area contributed by atoms with Gasteiger partial charge < -0.3 is 10.5 Å². The fourth-order valence-electron chi connectivity index (χ4n) is 1.93. The van der Waals surface area contributed by atoms with Gasteiger partial charge in [-0.3, -0.25) is 14.6 Å². The fourth-order valence-corrected chi connectivity index (χ4v) is 1.93. The average Bonchev–Trinajstić information content (AvgIpc) is 2.62. The lowest BCUT2D eigenvalue weighted by Crippen LogP contribution is -2.20. The molecule has 0 radical (unpaired) electrons. The smallest absolute Gasteiger partial charge is 0.271 e. The summed E-state index contributed by atoms with van der Waals surface area (Å²) in [6, 6.07) is 10.3. The molecule has 0 aliphatic rings. The van der Waals surface area contributed by atoms with Crippen molar-refractivity contribution in [1.29, 1.82) is 0 Å². The van der Waals surface area contributed by atoms with E-state index < -0.39 is 5.91 Å². The number of hydrogen-bond donors (Lipinski definition) is 2. The number of aromatic nitrogens is 1. The second kappa shape index (κ2) is 8.42. The Bertz CT molecular complexity index is 727. The number of ether oxygens (including phenoxy) is 1. The van der Waals surface area contributed by atoms with Gasteiger partial charge in [-0.1, -0.05) is 6.92 Å². The van der Waals surface area contributed by atoms with Crippen molar-refractivity contribution in [2.45, 2.75) is 13.3 Å². The minimum atomic E-state index is -0.534. The SMILES string of the molecule is CC/C(=N/NC(=O)c1ccncc1)c1ccc(OCC(N)=O)cc1. The first-order chi connectivity index (χ1) is 11.6. The largest absolute Gasteiger partial charge is 0.484 e. The number of carbonyl (C=O) groups excluding carboxylic acids is 2. The van der Waals surface area contributed by atoms with Gasteiger partial charge in [-0.05, 0) is 48.4 Å². The molecule has 0 saturated carbocycles. The molecule has 0 aliphatic heterocycles. The van der Waals surface area contributed by atoms with Crippen LogP contribution >= 0.6 is 0 Å². The van der Waals surface area contributed by atoms with E-state index in [1.165, 1.54) is 0 Å². The van der Waals surface area contributed by atoms with E-state index in [1.54, 1.807) is 48.8 Å². The number of hydrogen-bond acceptors (Lipinski definition) is 5. The Labute approximate surface area is 139 Å². The maximum atomic E-state index is 12.0. The molecule has 0 bridgehead atoms. The first-order valence-electron chi connectivity index (χ1n) is 7.38. The summed E-state index contributed by atoms with van der Waals surface area (Å²) in [7, 11) is 0. The Hall–Kier alpha value is -3.22. The number of benzene rings is 1. The molecule has 1 heterocycles. The fraction of sp³-hybridized carbons (Fsp3) is 0.176. The first-order valence-corrected chi connectivity index (χ1v) is 7.38. The Morgan fingerprint density at radius 2 is 1.79 bits per heavy atom. The molecule has 2 amide bonds. The first kappa shape index (κ1) is 17.1. The molecule has 24 heavy (non-hydrogen) atoms. The molecule has 0 fully saturated rings.